The second kappa shape index (κ2) is 6.73. The van der Waals surface area contributed by atoms with Crippen molar-refractivity contribution in [3.8, 4) is 0 Å². The Morgan fingerprint density at radius 2 is 2.44 bits per heavy atom. The first kappa shape index (κ1) is 13.3. The van der Waals surface area contributed by atoms with Gasteiger partial charge in [-0.1, -0.05) is 36.7 Å². The van der Waals surface area contributed by atoms with Crippen LogP contribution in [0.4, 0.5) is 0 Å². The minimum atomic E-state index is -0.205. The number of hydrogen-bond donors (Lipinski definition) is 2. The first-order valence-electron chi connectivity index (χ1n) is 4.96. The summed E-state index contributed by atoms with van der Waals surface area (Å²) in [7, 11) is 0. The average molecular weight is 260 g/mol. The van der Waals surface area contributed by atoms with Crippen molar-refractivity contribution in [3.05, 3.63) is 23.4 Å². The lowest BCUT2D eigenvalue weighted by molar-refractivity contribution is -0.120. The fraction of sp³-hybridized carbons (Fsp3) is 0.400. The molecule has 6 heteroatoms. The molecule has 3 N–H and O–H groups in total. The molecule has 0 spiro atoms. The van der Waals surface area contributed by atoms with E-state index in [9.17, 15) is 4.79 Å². The Hall–Kier alpha value is -0.780. The normalized spacial score (nSPS) is 12.2. The van der Waals surface area contributed by atoms with Crippen LogP contribution >= 0.6 is 23.4 Å². The number of nitrogens with zero attached hydrogens (tertiary/aromatic N) is 1. The number of thioether (sulfide) groups is 1. The molecule has 1 amide bonds. The zero-order valence-electron chi connectivity index (χ0n) is 8.94. The quantitative estimate of drug-likeness (QED) is 0.367. The second-order valence-electron chi connectivity index (χ2n) is 3.22. The van der Waals surface area contributed by atoms with E-state index >= 15 is 0 Å². The SMILES string of the molecule is CCCC(Sc1ccc(Cl)cn1)C(=O)NN. The van der Waals surface area contributed by atoms with Gasteiger partial charge in [0, 0.05) is 6.20 Å². The number of hydrazine groups is 1. The Morgan fingerprint density at radius 1 is 1.69 bits per heavy atom. The number of nitrogens with two attached hydrogens (primary N) is 1. The van der Waals surface area contributed by atoms with E-state index in [2.05, 4.69) is 10.4 Å². The largest absolute Gasteiger partial charge is 0.293 e. The smallest absolute Gasteiger partial charge is 0.247 e. The van der Waals surface area contributed by atoms with E-state index in [-0.39, 0.29) is 11.2 Å². The topological polar surface area (TPSA) is 68.0 Å². The maximum atomic E-state index is 11.5. The summed E-state index contributed by atoms with van der Waals surface area (Å²) in [6.45, 7) is 2.02. The number of hydrogen-bond acceptors (Lipinski definition) is 4. The van der Waals surface area contributed by atoms with E-state index in [1.807, 2.05) is 6.92 Å². The number of pyridine rings is 1. The molecular weight excluding hydrogens is 246 g/mol. The van der Waals surface area contributed by atoms with E-state index in [1.165, 1.54) is 11.8 Å². The van der Waals surface area contributed by atoms with Crippen LogP contribution in [-0.4, -0.2) is 16.1 Å². The van der Waals surface area contributed by atoms with Gasteiger partial charge < -0.3 is 0 Å². The molecule has 0 aromatic carbocycles. The first-order valence-corrected chi connectivity index (χ1v) is 6.21. The molecule has 88 valence electrons. The zero-order chi connectivity index (χ0) is 12.0. The summed E-state index contributed by atoms with van der Waals surface area (Å²) in [5, 5.41) is 1.15. The Bertz CT molecular complexity index is 344. The summed E-state index contributed by atoms with van der Waals surface area (Å²) in [4.78, 5) is 15.6. The van der Waals surface area contributed by atoms with Crippen molar-refractivity contribution in [2.75, 3.05) is 0 Å². The second-order valence-corrected chi connectivity index (χ2v) is 4.88. The Kier molecular flexibility index (Phi) is 5.59. The van der Waals surface area contributed by atoms with Crippen molar-refractivity contribution in [1.82, 2.24) is 10.4 Å². The molecule has 0 aliphatic carbocycles. The molecule has 1 atom stereocenters. The van der Waals surface area contributed by atoms with Gasteiger partial charge in [0.2, 0.25) is 5.91 Å². The van der Waals surface area contributed by atoms with Gasteiger partial charge in [0.15, 0.2) is 0 Å². The summed E-state index contributed by atoms with van der Waals surface area (Å²) >= 11 is 7.12. The predicted octanol–water partition coefficient (Wildman–Crippen LogP) is 1.99. The van der Waals surface area contributed by atoms with Crippen molar-refractivity contribution < 1.29 is 4.79 Å². The summed E-state index contributed by atoms with van der Waals surface area (Å²) in [6, 6.07) is 3.54. The van der Waals surface area contributed by atoms with Crippen LogP contribution in [0.3, 0.4) is 0 Å². The number of carbonyl (C=O) groups is 1. The van der Waals surface area contributed by atoms with E-state index in [1.54, 1.807) is 18.3 Å². The number of halogens is 1. The van der Waals surface area contributed by atoms with Gasteiger partial charge in [-0.3, -0.25) is 10.2 Å². The third kappa shape index (κ3) is 4.00. The molecular formula is C10H14ClN3OS. The minimum Gasteiger partial charge on any atom is -0.293 e. The van der Waals surface area contributed by atoms with Crippen molar-refractivity contribution in [2.45, 2.75) is 30.0 Å². The maximum absolute atomic E-state index is 11.5. The Labute approximate surface area is 104 Å². The number of carbonyl (C=O) groups excluding carboxylic acids is 1. The van der Waals surface area contributed by atoms with Gasteiger partial charge in [-0.2, -0.15) is 0 Å². The highest BCUT2D eigenvalue weighted by molar-refractivity contribution is 8.00. The van der Waals surface area contributed by atoms with Crippen molar-refractivity contribution in [2.24, 2.45) is 5.84 Å². The molecule has 1 aromatic heterocycles. The molecule has 0 bridgehead atoms. The van der Waals surface area contributed by atoms with E-state index in [4.69, 9.17) is 17.4 Å². The fourth-order valence-corrected chi connectivity index (χ4v) is 2.37. The van der Waals surface area contributed by atoms with E-state index in [0.717, 1.165) is 17.9 Å². The molecule has 1 rings (SSSR count). The van der Waals surface area contributed by atoms with Crippen LogP contribution in [0, 0.1) is 0 Å². The molecule has 1 aromatic rings. The molecule has 16 heavy (non-hydrogen) atoms. The van der Waals surface area contributed by atoms with Crippen molar-refractivity contribution >= 4 is 29.3 Å². The monoisotopic (exact) mass is 259 g/mol. The van der Waals surface area contributed by atoms with Gasteiger partial charge in [-0.15, -0.1) is 0 Å². The Morgan fingerprint density at radius 3 is 2.94 bits per heavy atom. The molecule has 0 radical (unpaired) electrons. The lowest BCUT2D eigenvalue weighted by atomic mass is 10.2. The van der Waals surface area contributed by atoms with Crippen molar-refractivity contribution in [1.29, 1.82) is 0 Å². The van der Waals surface area contributed by atoms with Crippen LogP contribution in [0.15, 0.2) is 23.4 Å². The van der Waals surface area contributed by atoms with Gasteiger partial charge in [0.05, 0.1) is 15.3 Å². The third-order valence-electron chi connectivity index (χ3n) is 1.95. The molecule has 0 aliphatic rings. The van der Waals surface area contributed by atoms with E-state index in [0.29, 0.717) is 5.02 Å². The summed E-state index contributed by atoms with van der Waals surface area (Å²) in [5.41, 5.74) is 2.17. The average Bonchev–Trinajstić information content (AvgIpc) is 2.30. The van der Waals surface area contributed by atoms with E-state index < -0.39 is 0 Å². The van der Waals surface area contributed by atoms with Gasteiger partial charge in [-0.05, 0) is 18.6 Å². The highest BCUT2D eigenvalue weighted by atomic mass is 35.5. The molecule has 0 saturated carbocycles. The molecule has 1 unspecified atom stereocenters. The van der Waals surface area contributed by atoms with Crippen LogP contribution in [0.5, 0.6) is 0 Å². The first-order chi connectivity index (χ1) is 7.67. The van der Waals surface area contributed by atoms with Crippen LogP contribution in [0.25, 0.3) is 0 Å². The number of amides is 1. The Balaban J connectivity index is 2.67. The van der Waals surface area contributed by atoms with Gasteiger partial charge in [0.25, 0.3) is 0 Å². The molecule has 0 fully saturated rings. The minimum absolute atomic E-state index is 0.177. The lowest BCUT2D eigenvalue weighted by Crippen LogP contribution is -2.37. The van der Waals surface area contributed by atoms with Crippen LogP contribution in [0.1, 0.15) is 19.8 Å². The summed E-state index contributed by atoms with van der Waals surface area (Å²) in [6.07, 6.45) is 3.24. The predicted molar refractivity (Wildman–Crippen MR) is 66.1 cm³/mol. The summed E-state index contributed by atoms with van der Waals surface area (Å²) in [5.74, 6) is 4.95. The molecule has 0 aliphatic heterocycles. The van der Waals surface area contributed by atoms with Crippen LogP contribution in [0.2, 0.25) is 5.02 Å². The maximum Gasteiger partial charge on any atom is 0.247 e. The highest BCUT2D eigenvalue weighted by Crippen LogP contribution is 2.25. The zero-order valence-corrected chi connectivity index (χ0v) is 10.5. The number of nitrogens with one attached hydrogen (secondary N) is 1. The molecule has 4 nitrogen and oxygen atoms in total. The van der Waals surface area contributed by atoms with Crippen LogP contribution in [-0.2, 0) is 4.79 Å². The van der Waals surface area contributed by atoms with Gasteiger partial charge in [0.1, 0.15) is 0 Å². The van der Waals surface area contributed by atoms with Crippen LogP contribution < -0.4 is 11.3 Å². The summed E-state index contributed by atoms with van der Waals surface area (Å²) < 4.78 is 0. The molecule has 0 saturated heterocycles. The standard InChI is InChI=1S/C10H14ClN3OS/c1-2-3-8(10(15)14-12)16-9-5-4-7(11)6-13-9/h4-6,8H,2-3,12H2,1H3,(H,14,15). The third-order valence-corrected chi connectivity index (χ3v) is 3.39. The number of aromatic nitrogens is 1. The fourth-order valence-electron chi connectivity index (χ4n) is 1.18. The highest BCUT2D eigenvalue weighted by Gasteiger charge is 2.18. The van der Waals surface area contributed by atoms with Gasteiger partial charge in [-0.25, -0.2) is 10.8 Å². The molecule has 1 heterocycles. The van der Waals surface area contributed by atoms with Crippen molar-refractivity contribution in [3.63, 3.8) is 0 Å². The number of rotatable bonds is 5. The lowest BCUT2D eigenvalue weighted by Gasteiger charge is -2.12. The van der Waals surface area contributed by atoms with Gasteiger partial charge >= 0.3 is 0 Å².